The predicted octanol–water partition coefficient (Wildman–Crippen LogP) is 2.96. The first-order chi connectivity index (χ1) is 17.3. The third kappa shape index (κ3) is 5.13. The molecule has 37 heavy (non-hydrogen) atoms. The van der Waals surface area contributed by atoms with E-state index in [0.717, 1.165) is 16.8 Å². The molecule has 3 aromatic rings. The largest absolute Gasteiger partial charge is 0.395 e. The van der Waals surface area contributed by atoms with Crippen LogP contribution in [0.4, 0.5) is 17.6 Å². The molecule has 0 bridgehead atoms. The molecule has 6 atom stereocenters. The molecule has 7 nitrogen and oxygen atoms in total. The molecule has 0 spiro atoms. The zero-order valence-corrected chi connectivity index (χ0v) is 21.2. The van der Waals surface area contributed by atoms with Gasteiger partial charge in [0.05, 0.1) is 30.6 Å². The second-order valence-corrected chi connectivity index (χ2v) is 12.4. The molecule has 1 aliphatic heterocycles. The molecule has 1 fully saturated rings. The number of benzene rings is 2. The average molecular weight is 544 g/mol. The third-order valence-corrected chi connectivity index (χ3v) is 10.5. The Balaban J connectivity index is 1.69. The Morgan fingerprint density at radius 1 is 1.11 bits per heavy atom. The summed E-state index contributed by atoms with van der Waals surface area (Å²) in [6, 6.07) is 4.95. The summed E-state index contributed by atoms with van der Waals surface area (Å²) in [5, 5.41) is 50.1. The lowest BCUT2D eigenvalue weighted by Crippen LogP contribution is -2.52. The Morgan fingerprint density at radius 2 is 1.76 bits per heavy atom. The Bertz CT molecular complexity index is 1260. The van der Waals surface area contributed by atoms with Crippen LogP contribution in [0.2, 0.25) is 0 Å². The van der Waals surface area contributed by atoms with Gasteiger partial charge in [0.1, 0.15) is 17.6 Å². The molecule has 4 N–H and O–H groups in total. The molecule has 1 aromatic heterocycles. The summed E-state index contributed by atoms with van der Waals surface area (Å²) in [6.45, 7) is 4.24. The topological polar surface area (TPSA) is 112 Å². The van der Waals surface area contributed by atoms with Crippen molar-refractivity contribution in [1.29, 1.82) is 0 Å². The van der Waals surface area contributed by atoms with Gasteiger partial charge in [-0.1, -0.05) is 17.3 Å². The number of aromatic nitrogens is 3. The summed E-state index contributed by atoms with van der Waals surface area (Å²) in [5.74, 6) is -4.82. The first-order valence-corrected chi connectivity index (χ1v) is 13.3. The van der Waals surface area contributed by atoms with Crippen LogP contribution in [0, 0.1) is 30.2 Å². The molecule has 0 amide bonds. The van der Waals surface area contributed by atoms with E-state index in [1.165, 1.54) is 18.3 Å². The number of aliphatic hydroxyl groups excluding tert-OH is 3. The second-order valence-electron chi connectivity index (χ2n) is 9.84. The first-order valence-electron chi connectivity index (χ1n) is 11.6. The molecule has 12 heteroatoms. The fourth-order valence-corrected chi connectivity index (χ4v) is 8.84. The summed E-state index contributed by atoms with van der Waals surface area (Å²) in [7, 11) is -1.51. The maximum atomic E-state index is 14.4. The Labute approximate surface area is 213 Å². The van der Waals surface area contributed by atoms with Gasteiger partial charge in [-0.15, -0.1) is 5.10 Å². The van der Waals surface area contributed by atoms with Crippen LogP contribution >= 0.6 is 10.9 Å². The quantitative estimate of drug-likeness (QED) is 0.186. The lowest BCUT2D eigenvalue weighted by molar-refractivity contribution is 0.00570. The maximum Gasteiger partial charge on any atom is 0.194 e. The number of hydrogen-bond donors (Lipinski definition) is 5. The predicted molar refractivity (Wildman–Crippen MR) is 131 cm³/mol. The average Bonchev–Trinajstić information content (AvgIpc) is 3.29. The van der Waals surface area contributed by atoms with Crippen LogP contribution in [-0.4, -0.2) is 70.8 Å². The minimum atomic E-state index is -1.62. The third-order valence-electron chi connectivity index (χ3n) is 6.85. The maximum absolute atomic E-state index is 14.4. The van der Waals surface area contributed by atoms with E-state index in [1.54, 1.807) is 26.8 Å². The Morgan fingerprint density at radius 3 is 2.35 bits per heavy atom. The molecule has 2 aromatic carbocycles. The highest BCUT2D eigenvalue weighted by atomic mass is 32.2. The minimum Gasteiger partial charge on any atom is -0.395 e. The number of aliphatic hydroxyl groups is 4. The molecule has 1 aliphatic rings. The molecule has 202 valence electrons. The van der Waals surface area contributed by atoms with E-state index in [4.69, 9.17) is 0 Å². The van der Waals surface area contributed by atoms with Crippen LogP contribution in [0.3, 0.4) is 0 Å². The van der Waals surface area contributed by atoms with Gasteiger partial charge in [0.15, 0.2) is 17.5 Å². The highest BCUT2D eigenvalue weighted by Gasteiger charge is 2.49. The number of nitrogens with zero attached hydrogens (tertiary/aromatic N) is 3. The van der Waals surface area contributed by atoms with Gasteiger partial charge in [-0.3, -0.25) is 0 Å². The van der Waals surface area contributed by atoms with Crippen LogP contribution < -0.4 is 0 Å². The van der Waals surface area contributed by atoms with Crippen molar-refractivity contribution in [3.05, 3.63) is 70.9 Å². The summed E-state index contributed by atoms with van der Waals surface area (Å²) < 4.78 is 56.3. The molecule has 0 saturated carbocycles. The second kappa shape index (κ2) is 10.3. The van der Waals surface area contributed by atoms with Crippen molar-refractivity contribution < 1.29 is 38.0 Å². The molecule has 2 heterocycles. The van der Waals surface area contributed by atoms with Crippen molar-refractivity contribution in [3.63, 3.8) is 0 Å². The number of halogens is 4. The van der Waals surface area contributed by atoms with Gasteiger partial charge in [-0.25, -0.2) is 33.1 Å². The van der Waals surface area contributed by atoms with Crippen LogP contribution in [0.25, 0.3) is 11.3 Å². The summed E-state index contributed by atoms with van der Waals surface area (Å²) in [5.41, 5.74) is -0.624. The van der Waals surface area contributed by atoms with Gasteiger partial charge in [-0.05, 0) is 50.1 Å². The molecule has 0 aliphatic carbocycles. The van der Waals surface area contributed by atoms with E-state index in [0.29, 0.717) is 11.1 Å². The minimum absolute atomic E-state index is 0.0182. The SMILES string of the molecule is Cc1c(F)cccc1C([SH]1C[C@H](O)[C@H](n2cc(-c3cc(F)c(F)c(F)c3)nn2)[C@@H](O)[C@H]1CO)C(C)(C)O. The highest BCUT2D eigenvalue weighted by molar-refractivity contribution is 8.18. The lowest BCUT2D eigenvalue weighted by atomic mass is 9.94. The lowest BCUT2D eigenvalue weighted by Gasteiger charge is -2.51. The number of hydrogen-bond acceptors (Lipinski definition) is 6. The van der Waals surface area contributed by atoms with Crippen LogP contribution in [0.5, 0.6) is 0 Å². The number of rotatable bonds is 6. The van der Waals surface area contributed by atoms with E-state index in [9.17, 15) is 38.0 Å². The van der Waals surface area contributed by atoms with Crippen molar-refractivity contribution in [3.8, 4) is 11.3 Å². The van der Waals surface area contributed by atoms with Gasteiger partial charge in [0.2, 0.25) is 0 Å². The highest BCUT2D eigenvalue weighted by Crippen LogP contribution is 2.57. The zero-order chi connectivity index (χ0) is 27.2. The zero-order valence-electron chi connectivity index (χ0n) is 20.4. The molecule has 4 rings (SSSR count). The van der Waals surface area contributed by atoms with Crippen LogP contribution in [0.15, 0.2) is 36.5 Å². The first kappa shape index (κ1) is 27.5. The standard InChI is InChI=1S/C25H29F4N3O4S/c1-12-14(5-4-6-15(12)26)24(25(2,3)36)37-11-19(34)22(23(35)20(37)10-33)32-9-18(30-31-32)13-7-16(27)21(29)17(28)8-13/h4-9,19-20,22-24,33-37H,10-11H2,1-3H3/t19-,20+,22-,23-,24?/m0/s1. The van der Waals surface area contributed by atoms with E-state index in [-0.39, 0.29) is 17.0 Å². The Hall–Kier alpha value is -2.51. The van der Waals surface area contributed by atoms with Crippen molar-refractivity contribution in [2.75, 3.05) is 12.4 Å². The summed E-state index contributed by atoms with van der Waals surface area (Å²) in [4.78, 5) is 0. The van der Waals surface area contributed by atoms with Gasteiger partial charge >= 0.3 is 0 Å². The van der Waals surface area contributed by atoms with Crippen LogP contribution in [0.1, 0.15) is 36.3 Å². The molecule has 1 saturated heterocycles. The van der Waals surface area contributed by atoms with Crippen molar-refractivity contribution in [1.82, 2.24) is 15.0 Å². The van der Waals surface area contributed by atoms with Gasteiger partial charge in [-0.2, -0.15) is 0 Å². The van der Waals surface area contributed by atoms with Crippen molar-refractivity contribution in [2.45, 2.75) is 55.1 Å². The monoisotopic (exact) mass is 543 g/mol. The summed E-state index contributed by atoms with van der Waals surface area (Å²) >= 11 is 0. The smallest absolute Gasteiger partial charge is 0.194 e. The fourth-order valence-electron chi connectivity index (χ4n) is 5.10. The van der Waals surface area contributed by atoms with Crippen LogP contribution in [-0.2, 0) is 0 Å². The van der Waals surface area contributed by atoms with Crippen molar-refractivity contribution in [2.24, 2.45) is 0 Å². The fraction of sp³-hybridized carbons (Fsp3) is 0.440. The van der Waals surface area contributed by atoms with Crippen molar-refractivity contribution >= 4 is 10.9 Å². The molecule has 2 unspecified atom stereocenters. The van der Waals surface area contributed by atoms with E-state index >= 15 is 0 Å². The molecular weight excluding hydrogens is 514 g/mol. The van der Waals surface area contributed by atoms with E-state index < -0.39 is 75.1 Å². The van der Waals surface area contributed by atoms with Gasteiger partial charge in [0.25, 0.3) is 0 Å². The van der Waals surface area contributed by atoms with E-state index in [2.05, 4.69) is 10.3 Å². The number of thiol groups is 1. The molecule has 0 radical (unpaired) electrons. The van der Waals surface area contributed by atoms with Gasteiger partial charge < -0.3 is 20.4 Å². The van der Waals surface area contributed by atoms with Gasteiger partial charge in [0, 0.05) is 21.8 Å². The molecular formula is C25H29F4N3O4S. The normalized spacial score (nSPS) is 26.3. The summed E-state index contributed by atoms with van der Waals surface area (Å²) in [6.07, 6.45) is -1.30. The Kier molecular flexibility index (Phi) is 7.69. The van der Waals surface area contributed by atoms with E-state index in [1.807, 2.05) is 0 Å².